The summed E-state index contributed by atoms with van der Waals surface area (Å²) in [6.45, 7) is 2.03. The van der Waals surface area contributed by atoms with Crippen LogP contribution in [0.3, 0.4) is 0 Å². The van der Waals surface area contributed by atoms with Gasteiger partial charge in [-0.25, -0.2) is 0 Å². The summed E-state index contributed by atoms with van der Waals surface area (Å²) in [5.41, 5.74) is 9.57. The van der Waals surface area contributed by atoms with Crippen LogP contribution in [0.25, 0.3) is 44.8 Å². The van der Waals surface area contributed by atoms with Crippen molar-refractivity contribution in [3.05, 3.63) is 145 Å². The van der Waals surface area contributed by atoms with Gasteiger partial charge in [-0.05, 0) is 47.1 Å². The van der Waals surface area contributed by atoms with Gasteiger partial charge in [0, 0.05) is 38.1 Å². The van der Waals surface area contributed by atoms with Gasteiger partial charge in [-0.3, -0.25) is 0 Å². The van der Waals surface area contributed by atoms with Gasteiger partial charge < -0.3 is 14.7 Å². The number of fused-ring (bicyclic) bond motifs is 5. The molecule has 0 atom stereocenters. The second kappa shape index (κ2) is 12.0. The second-order valence-corrected chi connectivity index (χ2v) is 8.98. The molecule has 6 aromatic rings. The Hall–Kier alpha value is -4.37. The SMILES string of the molecule is Cc1ccc(-c2[c-]cccc2)nc1.[Ir].[c-]1cc2c(cc1-c1ccccn1)-c1ccccc1-c1ccccc1O2. The number of nitrogens with zero attached hydrogens (tertiary/aromatic N) is 2. The van der Waals surface area contributed by atoms with E-state index in [9.17, 15) is 0 Å². The van der Waals surface area contributed by atoms with E-state index in [1.807, 2.05) is 85.9 Å². The van der Waals surface area contributed by atoms with E-state index in [1.165, 1.54) is 11.1 Å². The van der Waals surface area contributed by atoms with Gasteiger partial charge >= 0.3 is 0 Å². The summed E-state index contributed by atoms with van der Waals surface area (Å²) >= 11 is 0. The summed E-state index contributed by atoms with van der Waals surface area (Å²) in [6.07, 6.45) is 3.67. The first kappa shape index (κ1) is 26.2. The van der Waals surface area contributed by atoms with Crippen LogP contribution in [0.1, 0.15) is 5.56 Å². The molecule has 0 unspecified atom stereocenters. The van der Waals surface area contributed by atoms with E-state index >= 15 is 0 Å². The minimum Gasteiger partial charge on any atom is -0.500 e. The number of hydrogen-bond donors (Lipinski definition) is 0. The van der Waals surface area contributed by atoms with Gasteiger partial charge in [-0.1, -0.05) is 72.3 Å². The molecule has 191 valence electrons. The maximum atomic E-state index is 6.22. The molecule has 1 aliphatic heterocycles. The van der Waals surface area contributed by atoms with Crippen LogP contribution in [0.15, 0.2) is 128 Å². The summed E-state index contributed by atoms with van der Waals surface area (Å²) in [5.74, 6) is 1.68. The quantitative estimate of drug-likeness (QED) is 0.171. The molecule has 7 rings (SSSR count). The summed E-state index contributed by atoms with van der Waals surface area (Å²) in [5, 5.41) is 0. The minimum absolute atomic E-state index is 0. The number of hydrogen-bond acceptors (Lipinski definition) is 3. The van der Waals surface area contributed by atoms with Crippen LogP contribution in [-0.4, -0.2) is 9.97 Å². The first-order valence-electron chi connectivity index (χ1n) is 12.5. The standard InChI is InChI=1S/C23H14NO.C12H10N.Ir/c1-2-8-18-17(7-1)19-9-3-4-11-22(19)25-23-13-12-16(15-20(18)23)21-10-5-6-14-24-21;1-10-7-8-12(13-9-10)11-5-3-2-4-6-11;/h1-11,13-15H;2-5,7-9H,1H3;/q2*-1;. The summed E-state index contributed by atoms with van der Waals surface area (Å²) in [4.78, 5) is 8.76. The van der Waals surface area contributed by atoms with Crippen molar-refractivity contribution in [1.82, 2.24) is 9.97 Å². The van der Waals surface area contributed by atoms with E-state index in [2.05, 4.69) is 64.6 Å². The minimum atomic E-state index is 0. The molecule has 3 heterocycles. The predicted octanol–water partition coefficient (Wildman–Crippen LogP) is 8.84. The van der Waals surface area contributed by atoms with Gasteiger partial charge in [0.05, 0.1) is 5.75 Å². The Labute approximate surface area is 242 Å². The number of para-hydroxylation sites is 1. The van der Waals surface area contributed by atoms with E-state index in [4.69, 9.17) is 4.74 Å². The molecule has 0 aliphatic carbocycles. The number of benzene rings is 4. The van der Waals surface area contributed by atoms with Gasteiger partial charge in [0.2, 0.25) is 0 Å². The van der Waals surface area contributed by atoms with Crippen LogP contribution in [0.5, 0.6) is 11.5 Å². The van der Waals surface area contributed by atoms with Crippen molar-refractivity contribution in [2.24, 2.45) is 0 Å². The molecule has 0 fully saturated rings. The third-order valence-corrected chi connectivity index (χ3v) is 6.36. The average Bonchev–Trinajstić information content (AvgIpc) is 3.13. The van der Waals surface area contributed by atoms with Crippen LogP contribution < -0.4 is 4.74 Å². The molecular weight excluding hydrogens is 657 g/mol. The molecule has 2 aromatic heterocycles. The van der Waals surface area contributed by atoms with Crippen molar-refractivity contribution in [3.8, 4) is 56.3 Å². The van der Waals surface area contributed by atoms with Gasteiger partial charge in [-0.15, -0.1) is 59.7 Å². The molecule has 0 N–H and O–H groups in total. The van der Waals surface area contributed by atoms with Gasteiger partial charge in [0.1, 0.15) is 5.75 Å². The van der Waals surface area contributed by atoms with Gasteiger partial charge in [0.15, 0.2) is 0 Å². The maximum Gasteiger partial charge on any atom is 0.122 e. The zero-order chi connectivity index (χ0) is 25.7. The van der Waals surface area contributed by atoms with Crippen molar-refractivity contribution in [2.45, 2.75) is 6.92 Å². The average molecular weight is 681 g/mol. The topological polar surface area (TPSA) is 35.0 Å². The molecule has 1 aliphatic rings. The van der Waals surface area contributed by atoms with Crippen molar-refractivity contribution >= 4 is 0 Å². The Morgan fingerprint density at radius 2 is 1.31 bits per heavy atom. The van der Waals surface area contributed by atoms with E-state index in [-0.39, 0.29) is 20.1 Å². The zero-order valence-corrected chi connectivity index (χ0v) is 23.7. The zero-order valence-electron chi connectivity index (χ0n) is 21.3. The van der Waals surface area contributed by atoms with Crippen molar-refractivity contribution in [2.75, 3.05) is 0 Å². The number of pyridine rings is 2. The first-order chi connectivity index (χ1) is 18.8. The Morgan fingerprint density at radius 3 is 2.03 bits per heavy atom. The van der Waals surface area contributed by atoms with Crippen LogP contribution >= 0.6 is 0 Å². The molecule has 0 bridgehead atoms. The fraction of sp³-hybridized carbons (Fsp3) is 0.0286. The molecule has 1 radical (unpaired) electrons. The molecule has 0 saturated carbocycles. The number of ether oxygens (including phenoxy) is 1. The molecule has 0 saturated heterocycles. The first-order valence-corrected chi connectivity index (χ1v) is 12.5. The summed E-state index contributed by atoms with van der Waals surface area (Å²) < 4.78 is 6.22. The van der Waals surface area contributed by atoms with Crippen molar-refractivity contribution < 1.29 is 24.8 Å². The maximum absolute atomic E-state index is 6.22. The molecule has 39 heavy (non-hydrogen) atoms. The molecule has 4 aromatic carbocycles. The third-order valence-electron chi connectivity index (χ3n) is 6.36. The molecular formula is C35H24IrN2O-2. The second-order valence-electron chi connectivity index (χ2n) is 8.98. The number of rotatable bonds is 2. The Kier molecular flexibility index (Phi) is 8.07. The van der Waals surface area contributed by atoms with Gasteiger partial charge in [0.25, 0.3) is 0 Å². The van der Waals surface area contributed by atoms with Crippen LogP contribution in [-0.2, 0) is 20.1 Å². The Bertz CT molecular complexity index is 1680. The van der Waals surface area contributed by atoms with Crippen molar-refractivity contribution in [3.63, 3.8) is 0 Å². The fourth-order valence-electron chi connectivity index (χ4n) is 4.47. The van der Waals surface area contributed by atoms with E-state index in [1.54, 1.807) is 6.20 Å². The van der Waals surface area contributed by atoms with Gasteiger partial charge in [-0.2, -0.15) is 0 Å². The summed E-state index contributed by atoms with van der Waals surface area (Å²) in [7, 11) is 0. The normalized spacial score (nSPS) is 10.7. The smallest absolute Gasteiger partial charge is 0.122 e. The fourth-order valence-corrected chi connectivity index (χ4v) is 4.47. The Balaban J connectivity index is 0.000000187. The summed E-state index contributed by atoms with van der Waals surface area (Å²) in [6, 6.07) is 44.9. The predicted molar refractivity (Wildman–Crippen MR) is 153 cm³/mol. The van der Waals surface area contributed by atoms with E-state index < -0.39 is 0 Å². The van der Waals surface area contributed by atoms with Crippen molar-refractivity contribution in [1.29, 1.82) is 0 Å². The number of aromatic nitrogens is 2. The third kappa shape index (κ3) is 5.73. The van der Waals surface area contributed by atoms with E-state index in [0.717, 1.165) is 50.7 Å². The number of aryl methyl sites for hydroxylation is 1. The molecule has 3 nitrogen and oxygen atoms in total. The Morgan fingerprint density at radius 1 is 0.590 bits per heavy atom. The molecule has 4 heteroatoms. The monoisotopic (exact) mass is 681 g/mol. The van der Waals surface area contributed by atoms with Crippen LogP contribution in [0.4, 0.5) is 0 Å². The molecule has 0 amide bonds. The largest absolute Gasteiger partial charge is 0.500 e. The molecule has 0 spiro atoms. The van der Waals surface area contributed by atoms with E-state index in [0.29, 0.717) is 0 Å². The van der Waals surface area contributed by atoms with Crippen LogP contribution in [0.2, 0.25) is 0 Å². The van der Waals surface area contributed by atoms with Crippen LogP contribution in [0, 0.1) is 19.1 Å².